The van der Waals surface area contributed by atoms with Crippen molar-refractivity contribution in [2.45, 2.75) is 11.8 Å². The Morgan fingerprint density at radius 1 is 1.30 bits per heavy atom. The van der Waals surface area contributed by atoms with Crippen molar-refractivity contribution in [2.75, 3.05) is 10.5 Å². The maximum absolute atomic E-state index is 13.2. The number of nitrogens with zero attached hydrogens (tertiary/aromatic N) is 1. The molecule has 3 N–H and O–H groups in total. The number of sulfonamides is 1. The Morgan fingerprint density at radius 2 is 2.00 bits per heavy atom. The van der Waals surface area contributed by atoms with E-state index >= 15 is 0 Å². The molecule has 5 nitrogen and oxygen atoms in total. The molecule has 0 amide bonds. The lowest BCUT2D eigenvalue weighted by Gasteiger charge is -2.10. The number of halogens is 2. The molecule has 1 heterocycles. The molecule has 20 heavy (non-hydrogen) atoms. The van der Waals surface area contributed by atoms with Gasteiger partial charge in [-0.1, -0.05) is 0 Å². The summed E-state index contributed by atoms with van der Waals surface area (Å²) in [5.74, 6) is -0.712. The number of hydrogen-bond acceptors (Lipinski definition) is 4. The van der Waals surface area contributed by atoms with Crippen LogP contribution in [0.2, 0.25) is 0 Å². The molecule has 2 aromatic rings. The molecule has 0 aliphatic carbocycles. The molecule has 1 aromatic carbocycles. The minimum absolute atomic E-state index is 0.0380. The normalized spacial score (nSPS) is 11.3. The minimum Gasteiger partial charge on any atom is -0.399 e. The molecule has 0 aliphatic heterocycles. The Kier molecular flexibility index (Phi) is 3.96. The summed E-state index contributed by atoms with van der Waals surface area (Å²) >= 11 is 3.19. The zero-order chi connectivity index (χ0) is 14.9. The van der Waals surface area contributed by atoms with Crippen LogP contribution in [0.5, 0.6) is 0 Å². The third-order valence-electron chi connectivity index (χ3n) is 2.50. The average molecular weight is 360 g/mol. The van der Waals surface area contributed by atoms with Crippen LogP contribution in [0.25, 0.3) is 0 Å². The van der Waals surface area contributed by atoms with Crippen molar-refractivity contribution >= 4 is 37.3 Å². The number of nitrogens with one attached hydrogen (secondary N) is 1. The van der Waals surface area contributed by atoms with Crippen LogP contribution in [0.15, 0.2) is 39.8 Å². The fourth-order valence-electron chi connectivity index (χ4n) is 1.58. The minimum atomic E-state index is -3.92. The summed E-state index contributed by atoms with van der Waals surface area (Å²) in [6, 6.07) is 6.30. The SMILES string of the molecule is Cc1nc(Br)ccc1NS(=O)(=O)c1cc(N)cc(F)c1. The predicted molar refractivity (Wildman–Crippen MR) is 78.3 cm³/mol. The van der Waals surface area contributed by atoms with Gasteiger partial charge in [-0.05, 0) is 53.2 Å². The van der Waals surface area contributed by atoms with Crippen LogP contribution >= 0.6 is 15.9 Å². The summed E-state index contributed by atoms with van der Waals surface area (Å²) in [5, 5.41) is 0. The van der Waals surface area contributed by atoms with Gasteiger partial charge in [-0.2, -0.15) is 0 Å². The molecule has 0 saturated heterocycles. The fraction of sp³-hybridized carbons (Fsp3) is 0.0833. The van der Waals surface area contributed by atoms with E-state index in [0.29, 0.717) is 16.0 Å². The molecule has 0 atom stereocenters. The lowest BCUT2D eigenvalue weighted by atomic mass is 10.3. The summed E-state index contributed by atoms with van der Waals surface area (Å²) in [6.45, 7) is 1.66. The van der Waals surface area contributed by atoms with Gasteiger partial charge in [0.1, 0.15) is 10.4 Å². The summed E-state index contributed by atoms with van der Waals surface area (Å²) in [4.78, 5) is 3.84. The number of hydrogen-bond donors (Lipinski definition) is 2. The third kappa shape index (κ3) is 3.26. The molecular weight excluding hydrogens is 349 g/mol. The first-order valence-corrected chi connectivity index (χ1v) is 7.77. The first-order valence-electron chi connectivity index (χ1n) is 5.50. The van der Waals surface area contributed by atoms with Crippen molar-refractivity contribution in [1.82, 2.24) is 4.98 Å². The molecule has 0 bridgehead atoms. The van der Waals surface area contributed by atoms with E-state index in [9.17, 15) is 12.8 Å². The zero-order valence-electron chi connectivity index (χ0n) is 10.4. The van der Waals surface area contributed by atoms with Crippen LogP contribution in [-0.2, 0) is 10.0 Å². The van der Waals surface area contributed by atoms with Crippen molar-refractivity contribution in [3.8, 4) is 0 Å². The van der Waals surface area contributed by atoms with E-state index < -0.39 is 15.8 Å². The standard InChI is InChI=1S/C12H11BrFN3O2S/c1-7-11(2-3-12(13)16-7)17-20(18,19)10-5-8(14)4-9(15)6-10/h2-6,17H,15H2,1H3. The predicted octanol–water partition coefficient (Wildman–Crippen LogP) is 2.67. The average Bonchev–Trinajstić information content (AvgIpc) is 2.31. The molecule has 2 rings (SSSR count). The van der Waals surface area contributed by atoms with E-state index in [1.54, 1.807) is 19.1 Å². The second-order valence-electron chi connectivity index (χ2n) is 4.09. The second kappa shape index (κ2) is 5.37. The van der Waals surface area contributed by atoms with Crippen LogP contribution in [0.3, 0.4) is 0 Å². The van der Waals surface area contributed by atoms with Crippen molar-refractivity contribution < 1.29 is 12.8 Å². The number of nitrogen functional groups attached to an aromatic ring is 1. The van der Waals surface area contributed by atoms with E-state index in [2.05, 4.69) is 25.6 Å². The van der Waals surface area contributed by atoms with Crippen molar-refractivity contribution in [3.63, 3.8) is 0 Å². The van der Waals surface area contributed by atoms with Crippen LogP contribution in [0.4, 0.5) is 15.8 Å². The molecule has 0 saturated carbocycles. The Balaban J connectivity index is 2.40. The van der Waals surface area contributed by atoms with E-state index in [0.717, 1.165) is 12.1 Å². The second-order valence-corrected chi connectivity index (χ2v) is 6.59. The molecule has 0 fully saturated rings. The van der Waals surface area contributed by atoms with Gasteiger partial charge in [-0.25, -0.2) is 17.8 Å². The number of aromatic nitrogens is 1. The highest BCUT2D eigenvalue weighted by Gasteiger charge is 2.17. The third-order valence-corrected chi connectivity index (χ3v) is 4.29. The van der Waals surface area contributed by atoms with Gasteiger partial charge in [0.05, 0.1) is 16.3 Å². The molecule has 0 radical (unpaired) electrons. The molecule has 8 heteroatoms. The van der Waals surface area contributed by atoms with E-state index in [1.165, 1.54) is 6.07 Å². The summed E-state index contributed by atoms with van der Waals surface area (Å²) < 4.78 is 40.5. The van der Waals surface area contributed by atoms with Crippen molar-refractivity contribution in [2.24, 2.45) is 0 Å². The van der Waals surface area contributed by atoms with Gasteiger partial charge >= 0.3 is 0 Å². The van der Waals surface area contributed by atoms with E-state index in [-0.39, 0.29) is 10.6 Å². The Morgan fingerprint density at radius 3 is 2.60 bits per heavy atom. The van der Waals surface area contributed by atoms with Gasteiger partial charge in [-0.3, -0.25) is 4.72 Å². The smallest absolute Gasteiger partial charge is 0.262 e. The zero-order valence-corrected chi connectivity index (χ0v) is 12.8. The lowest BCUT2D eigenvalue weighted by Crippen LogP contribution is -2.14. The van der Waals surface area contributed by atoms with Gasteiger partial charge in [-0.15, -0.1) is 0 Å². The van der Waals surface area contributed by atoms with Crippen LogP contribution in [0, 0.1) is 12.7 Å². The van der Waals surface area contributed by atoms with Crippen molar-refractivity contribution in [3.05, 3.63) is 46.4 Å². The fourth-order valence-corrected chi connectivity index (χ4v) is 3.16. The highest BCUT2D eigenvalue weighted by molar-refractivity contribution is 9.10. The molecule has 0 spiro atoms. The molecular formula is C12H11BrFN3O2S. The molecule has 0 unspecified atom stereocenters. The Hall–Kier alpha value is -1.67. The van der Waals surface area contributed by atoms with Crippen LogP contribution in [-0.4, -0.2) is 13.4 Å². The highest BCUT2D eigenvalue weighted by atomic mass is 79.9. The maximum atomic E-state index is 13.2. The summed E-state index contributed by atoms with van der Waals surface area (Å²) in [5.41, 5.74) is 6.30. The lowest BCUT2D eigenvalue weighted by molar-refractivity contribution is 0.595. The van der Waals surface area contributed by atoms with Crippen molar-refractivity contribution in [1.29, 1.82) is 0 Å². The first-order chi connectivity index (χ1) is 9.28. The first kappa shape index (κ1) is 14.7. The molecule has 106 valence electrons. The Labute approximate surface area is 124 Å². The number of benzene rings is 1. The van der Waals surface area contributed by atoms with Crippen LogP contribution in [0.1, 0.15) is 5.69 Å². The van der Waals surface area contributed by atoms with Gasteiger partial charge in [0.2, 0.25) is 0 Å². The number of rotatable bonds is 3. The molecule has 0 aliphatic rings. The topological polar surface area (TPSA) is 85.1 Å². The molecule has 1 aromatic heterocycles. The number of pyridine rings is 1. The van der Waals surface area contributed by atoms with Gasteiger partial charge in [0, 0.05) is 5.69 Å². The largest absolute Gasteiger partial charge is 0.399 e. The van der Waals surface area contributed by atoms with Gasteiger partial charge in [0.15, 0.2) is 0 Å². The highest BCUT2D eigenvalue weighted by Crippen LogP contribution is 2.22. The number of aryl methyl sites for hydroxylation is 1. The summed E-state index contributed by atoms with van der Waals surface area (Å²) in [6.07, 6.45) is 0. The van der Waals surface area contributed by atoms with Gasteiger partial charge in [0.25, 0.3) is 10.0 Å². The quantitative estimate of drug-likeness (QED) is 0.651. The van der Waals surface area contributed by atoms with Gasteiger partial charge < -0.3 is 5.73 Å². The van der Waals surface area contributed by atoms with Crippen LogP contribution < -0.4 is 10.5 Å². The maximum Gasteiger partial charge on any atom is 0.262 e. The van der Waals surface area contributed by atoms with E-state index in [4.69, 9.17) is 5.73 Å². The summed E-state index contributed by atoms with van der Waals surface area (Å²) in [7, 11) is -3.92. The monoisotopic (exact) mass is 359 g/mol. The number of nitrogens with two attached hydrogens (primary N) is 1. The Bertz CT molecular complexity index is 745. The van der Waals surface area contributed by atoms with E-state index in [1.807, 2.05) is 0 Å². The number of anilines is 2.